The molecule has 0 heterocycles. The van der Waals surface area contributed by atoms with Gasteiger partial charge in [0.15, 0.2) is 0 Å². The van der Waals surface area contributed by atoms with E-state index in [9.17, 15) is 19.2 Å². The van der Waals surface area contributed by atoms with Gasteiger partial charge in [-0.05, 0) is 57.8 Å². The number of hydrogen-bond donors (Lipinski definition) is 0. The predicted octanol–water partition coefficient (Wildman–Crippen LogP) is 5.24. The average molecular weight is 533 g/mol. The number of hydrogen-bond acceptors (Lipinski definition) is 8. The maximum atomic E-state index is 13.1. The van der Waals surface area contributed by atoms with E-state index in [1.807, 2.05) is 27.7 Å². The molecule has 0 spiro atoms. The lowest BCUT2D eigenvalue weighted by Gasteiger charge is -2.60. The predicted molar refractivity (Wildman–Crippen MR) is 141 cm³/mol. The van der Waals surface area contributed by atoms with Gasteiger partial charge in [-0.3, -0.25) is 9.59 Å². The van der Waals surface area contributed by atoms with Crippen LogP contribution in [-0.4, -0.2) is 48.3 Å². The van der Waals surface area contributed by atoms with Crippen LogP contribution in [0, 0.1) is 22.7 Å². The van der Waals surface area contributed by atoms with Gasteiger partial charge in [0.05, 0.1) is 26.1 Å². The largest absolute Gasteiger partial charge is 0.462 e. The highest BCUT2D eigenvalue weighted by atomic mass is 16.6. The van der Waals surface area contributed by atoms with Crippen molar-refractivity contribution in [2.45, 2.75) is 104 Å². The van der Waals surface area contributed by atoms with Gasteiger partial charge in [-0.2, -0.15) is 0 Å². The summed E-state index contributed by atoms with van der Waals surface area (Å²) >= 11 is 0. The summed E-state index contributed by atoms with van der Waals surface area (Å²) in [6, 6.07) is 0. The summed E-state index contributed by atoms with van der Waals surface area (Å²) in [6.07, 6.45) is 10.9. The lowest BCUT2D eigenvalue weighted by atomic mass is 9.52. The molecule has 4 bridgehead atoms. The first-order valence-electron chi connectivity index (χ1n) is 13.7. The summed E-state index contributed by atoms with van der Waals surface area (Å²) < 4.78 is 22.9. The van der Waals surface area contributed by atoms with Gasteiger partial charge in [-0.25, -0.2) is 9.59 Å². The van der Waals surface area contributed by atoms with Crippen molar-refractivity contribution in [1.82, 2.24) is 0 Å². The molecule has 0 saturated heterocycles. The van der Waals surface area contributed by atoms with E-state index in [0.29, 0.717) is 18.3 Å². The second kappa shape index (κ2) is 11.6. The van der Waals surface area contributed by atoms with Crippen molar-refractivity contribution in [3.63, 3.8) is 0 Å². The molecule has 4 aliphatic rings. The minimum atomic E-state index is -0.628. The highest BCUT2D eigenvalue weighted by Crippen LogP contribution is 2.60. The Bertz CT molecular complexity index is 885. The Kier molecular flexibility index (Phi) is 9.15. The Morgan fingerprint density at radius 1 is 0.711 bits per heavy atom. The van der Waals surface area contributed by atoms with Gasteiger partial charge < -0.3 is 18.9 Å². The first-order valence-corrected chi connectivity index (χ1v) is 13.7. The van der Waals surface area contributed by atoms with Crippen molar-refractivity contribution >= 4 is 23.9 Å². The molecular formula is C30H44O8. The van der Waals surface area contributed by atoms with Gasteiger partial charge >= 0.3 is 23.9 Å². The zero-order chi connectivity index (χ0) is 28.2. The fraction of sp³-hybridized carbons (Fsp3) is 0.733. The van der Waals surface area contributed by atoms with Crippen molar-refractivity contribution in [3.8, 4) is 0 Å². The molecule has 4 fully saturated rings. The smallest absolute Gasteiger partial charge is 0.330 e. The molecule has 38 heavy (non-hydrogen) atoms. The second-order valence-electron chi connectivity index (χ2n) is 13.2. The van der Waals surface area contributed by atoms with Crippen LogP contribution in [0.25, 0.3) is 0 Å². The molecule has 0 aliphatic heterocycles. The van der Waals surface area contributed by atoms with E-state index in [-0.39, 0.29) is 38.0 Å². The molecule has 4 saturated carbocycles. The molecule has 0 unspecified atom stereocenters. The number of esters is 4. The van der Waals surface area contributed by atoms with E-state index in [4.69, 9.17) is 18.9 Å². The minimum Gasteiger partial charge on any atom is -0.462 e. The molecule has 4 rings (SSSR count). The van der Waals surface area contributed by atoms with E-state index in [1.165, 1.54) is 12.2 Å². The standard InChI is InChI=1S/C30H44O8/c1-7-9-23(31)35-19-27(3,4)16-25(33)37-29-12-21-11-22(13-29)15-30(14-21,18-29)38-26(34)17-28(5,6)20-36-24(32)10-8-2/h7-10,21-22H,11-20H2,1-6H3. The zero-order valence-electron chi connectivity index (χ0n) is 23.8. The van der Waals surface area contributed by atoms with Crippen LogP contribution in [0.5, 0.6) is 0 Å². The number of rotatable bonds is 12. The molecule has 0 atom stereocenters. The Morgan fingerprint density at radius 2 is 1.08 bits per heavy atom. The molecule has 0 aromatic carbocycles. The fourth-order valence-electron chi connectivity index (χ4n) is 6.67. The van der Waals surface area contributed by atoms with Gasteiger partial charge in [-0.15, -0.1) is 0 Å². The molecule has 8 heteroatoms. The number of carbonyl (C=O) groups excluding carboxylic acids is 4. The highest BCUT2D eigenvalue weighted by molar-refractivity contribution is 5.82. The summed E-state index contributed by atoms with van der Waals surface area (Å²) in [6.45, 7) is 11.2. The molecule has 0 aromatic heterocycles. The third-order valence-electron chi connectivity index (χ3n) is 7.68. The van der Waals surface area contributed by atoms with Crippen molar-refractivity contribution < 1.29 is 38.1 Å². The molecular weight excluding hydrogens is 488 g/mol. The molecule has 8 nitrogen and oxygen atoms in total. The van der Waals surface area contributed by atoms with Gasteiger partial charge in [0.2, 0.25) is 0 Å². The van der Waals surface area contributed by atoms with Crippen LogP contribution in [0.2, 0.25) is 0 Å². The fourth-order valence-corrected chi connectivity index (χ4v) is 6.67. The van der Waals surface area contributed by atoms with Crippen LogP contribution in [-0.2, 0) is 38.1 Å². The molecule has 0 aromatic rings. The van der Waals surface area contributed by atoms with Crippen LogP contribution in [0.4, 0.5) is 0 Å². The van der Waals surface area contributed by atoms with Crippen molar-refractivity contribution in [1.29, 1.82) is 0 Å². The number of allylic oxidation sites excluding steroid dienone is 2. The van der Waals surface area contributed by atoms with E-state index in [2.05, 4.69) is 0 Å². The van der Waals surface area contributed by atoms with Crippen molar-refractivity contribution in [2.75, 3.05) is 13.2 Å². The maximum absolute atomic E-state index is 13.1. The Morgan fingerprint density at radius 3 is 1.42 bits per heavy atom. The summed E-state index contributed by atoms with van der Waals surface area (Å²) in [7, 11) is 0. The minimum absolute atomic E-state index is 0.116. The van der Waals surface area contributed by atoms with Gasteiger partial charge in [-0.1, -0.05) is 39.8 Å². The third kappa shape index (κ3) is 8.18. The van der Waals surface area contributed by atoms with Gasteiger partial charge in [0.25, 0.3) is 0 Å². The monoisotopic (exact) mass is 532 g/mol. The van der Waals surface area contributed by atoms with Crippen LogP contribution in [0.15, 0.2) is 24.3 Å². The maximum Gasteiger partial charge on any atom is 0.330 e. The van der Waals surface area contributed by atoms with Gasteiger partial charge in [0.1, 0.15) is 11.2 Å². The summed E-state index contributed by atoms with van der Waals surface area (Å²) in [5.74, 6) is -0.798. The number of carbonyl (C=O) groups is 4. The third-order valence-corrected chi connectivity index (χ3v) is 7.68. The zero-order valence-corrected chi connectivity index (χ0v) is 23.8. The molecule has 0 radical (unpaired) electrons. The Labute approximate surface area is 226 Å². The molecule has 4 aliphatic carbocycles. The first-order chi connectivity index (χ1) is 17.7. The molecule has 0 amide bonds. The van der Waals surface area contributed by atoms with Crippen molar-refractivity contribution in [3.05, 3.63) is 24.3 Å². The second-order valence-corrected chi connectivity index (χ2v) is 13.2. The molecule has 0 N–H and O–H groups in total. The quantitative estimate of drug-likeness (QED) is 0.191. The van der Waals surface area contributed by atoms with Crippen LogP contribution >= 0.6 is 0 Å². The lowest BCUT2D eigenvalue weighted by Crippen LogP contribution is -2.62. The van der Waals surface area contributed by atoms with Crippen LogP contribution < -0.4 is 0 Å². The topological polar surface area (TPSA) is 105 Å². The van der Waals surface area contributed by atoms with Crippen LogP contribution in [0.3, 0.4) is 0 Å². The average Bonchev–Trinajstić information content (AvgIpc) is 2.74. The van der Waals surface area contributed by atoms with E-state index in [1.54, 1.807) is 26.0 Å². The van der Waals surface area contributed by atoms with E-state index >= 15 is 0 Å². The summed E-state index contributed by atoms with van der Waals surface area (Å²) in [4.78, 5) is 49.5. The van der Waals surface area contributed by atoms with E-state index < -0.39 is 34.0 Å². The lowest BCUT2D eigenvalue weighted by molar-refractivity contribution is -0.233. The van der Waals surface area contributed by atoms with E-state index in [0.717, 1.165) is 32.1 Å². The summed E-state index contributed by atoms with van der Waals surface area (Å²) in [5.41, 5.74) is -2.39. The first kappa shape index (κ1) is 29.9. The van der Waals surface area contributed by atoms with Crippen LogP contribution in [0.1, 0.15) is 92.9 Å². The Hall–Kier alpha value is -2.64. The normalized spacial score (nSPS) is 28.5. The van der Waals surface area contributed by atoms with Crippen molar-refractivity contribution in [2.24, 2.45) is 22.7 Å². The molecule has 212 valence electrons. The SMILES string of the molecule is CC=CC(=O)OCC(C)(C)CC(=O)OC12CC3CC(C1)CC(OC(=O)CC(C)(C)COC(=O)C=CC)(C3)C2. The number of ether oxygens (including phenoxy) is 4. The highest BCUT2D eigenvalue weighted by Gasteiger charge is 2.61. The summed E-state index contributed by atoms with van der Waals surface area (Å²) in [5, 5.41) is 0. The Balaban J connectivity index is 1.60. The van der Waals surface area contributed by atoms with Gasteiger partial charge in [0, 0.05) is 29.4 Å².